The lowest BCUT2D eigenvalue weighted by molar-refractivity contribution is -0.142. The van der Waals surface area contributed by atoms with Gasteiger partial charge in [-0.15, -0.1) is 11.3 Å². The normalized spacial score (nSPS) is 15.8. The summed E-state index contributed by atoms with van der Waals surface area (Å²) in [4.78, 5) is 29.3. The van der Waals surface area contributed by atoms with Crippen molar-refractivity contribution in [1.29, 1.82) is 0 Å². The van der Waals surface area contributed by atoms with Crippen LogP contribution in [0.4, 0.5) is 13.2 Å². The zero-order valence-electron chi connectivity index (χ0n) is 15.9. The van der Waals surface area contributed by atoms with Crippen LogP contribution in [0.5, 0.6) is 0 Å². The predicted molar refractivity (Wildman–Crippen MR) is 103 cm³/mol. The molecule has 0 spiro atoms. The van der Waals surface area contributed by atoms with Gasteiger partial charge in [0.25, 0.3) is 0 Å². The van der Waals surface area contributed by atoms with Crippen molar-refractivity contribution in [2.75, 3.05) is 0 Å². The van der Waals surface area contributed by atoms with E-state index in [0.717, 1.165) is 56.3 Å². The van der Waals surface area contributed by atoms with Crippen molar-refractivity contribution in [1.82, 2.24) is 9.88 Å². The summed E-state index contributed by atoms with van der Waals surface area (Å²) in [7, 11) is 0. The van der Waals surface area contributed by atoms with E-state index in [-0.39, 0.29) is 41.6 Å². The van der Waals surface area contributed by atoms with Crippen molar-refractivity contribution in [3.8, 4) is 0 Å². The van der Waals surface area contributed by atoms with E-state index < -0.39 is 23.4 Å². The van der Waals surface area contributed by atoms with E-state index in [1.807, 2.05) is 0 Å². The number of carbonyl (C=O) groups is 2. The minimum absolute atomic E-state index is 0.0307. The fourth-order valence-electron chi connectivity index (χ4n) is 3.77. The minimum Gasteiger partial charge on any atom is -0.481 e. The molecule has 3 rings (SSSR count). The van der Waals surface area contributed by atoms with E-state index in [2.05, 4.69) is 4.98 Å². The van der Waals surface area contributed by atoms with Crippen LogP contribution in [0.25, 0.3) is 10.2 Å². The molecule has 1 aromatic heterocycles. The number of hydrogen-bond donors (Lipinski definition) is 1. The number of carboxylic acid groups (broad SMARTS) is 1. The van der Waals surface area contributed by atoms with Crippen LogP contribution in [-0.2, 0) is 16.1 Å². The zero-order chi connectivity index (χ0) is 21.0. The monoisotopic (exact) mass is 428 g/mol. The Bertz CT molecular complexity index is 895. The highest BCUT2D eigenvalue weighted by Crippen LogP contribution is 2.31. The van der Waals surface area contributed by atoms with Crippen molar-refractivity contribution in [2.24, 2.45) is 0 Å². The van der Waals surface area contributed by atoms with Gasteiger partial charge in [-0.25, -0.2) is 18.2 Å². The van der Waals surface area contributed by atoms with E-state index in [9.17, 15) is 22.8 Å². The molecule has 1 amide bonds. The first kappa shape index (κ1) is 21.5. The molecule has 0 saturated heterocycles. The topological polar surface area (TPSA) is 70.5 Å². The fourth-order valence-corrected chi connectivity index (χ4v) is 4.73. The van der Waals surface area contributed by atoms with E-state index in [1.165, 1.54) is 0 Å². The molecule has 5 nitrogen and oxygen atoms in total. The molecule has 0 bridgehead atoms. The summed E-state index contributed by atoms with van der Waals surface area (Å²) in [6.07, 6.45) is 6.38. The number of nitrogens with zero attached hydrogens (tertiary/aromatic N) is 2. The van der Waals surface area contributed by atoms with Crippen LogP contribution in [0.3, 0.4) is 0 Å². The smallest absolute Gasteiger partial charge is 0.303 e. The van der Waals surface area contributed by atoms with Gasteiger partial charge in [0.05, 0.1) is 17.7 Å². The number of rotatable bonds is 6. The average Bonchev–Trinajstić information content (AvgIpc) is 3.07. The molecule has 0 atom stereocenters. The maximum atomic E-state index is 14.0. The molecular weight excluding hydrogens is 405 g/mol. The first-order valence-electron chi connectivity index (χ1n) is 9.81. The van der Waals surface area contributed by atoms with Crippen molar-refractivity contribution in [3.63, 3.8) is 0 Å². The highest BCUT2D eigenvalue weighted by Gasteiger charge is 2.27. The van der Waals surface area contributed by atoms with Crippen LogP contribution in [0.1, 0.15) is 62.8 Å². The van der Waals surface area contributed by atoms with Crippen molar-refractivity contribution < 1.29 is 27.9 Å². The molecule has 1 aliphatic carbocycles. The largest absolute Gasteiger partial charge is 0.481 e. The third-order valence-electron chi connectivity index (χ3n) is 5.25. The van der Waals surface area contributed by atoms with Crippen molar-refractivity contribution in [3.05, 3.63) is 28.5 Å². The Morgan fingerprint density at radius 3 is 2.38 bits per heavy atom. The molecule has 1 fully saturated rings. The molecule has 1 N–H and O–H groups in total. The molecule has 158 valence electrons. The highest BCUT2D eigenvalue weighted by molar-refractivity contribution is 7.18. The molecule has 9 heteroatoms. The molecule has 1 saturated carbocycles. The second kappa shape index (κ2) is 9.56. The number of carbonyl (C=O) groups excluding carboxylic acids is 1. The van der Waals surface area contributed by atoms with Crippen LogP contribution in [0, 0.1) is 17.5 Å². The van der Waals surface area contributed by atoms with Gasteiger partial charge in [0.2, 0.25) is 5.91 Å². The second-order valence-electron chi connectivity index (χ2n) is 7.35. The van der Waals surface area contributed by atoms with Gasteiger partial charge >= 0.3 is 5.97 Å². The summed E-state index contributed by atoms with van der Waals surface area (Å²) >= 11 is 0.887. The van der Waals surface area contributed by atoms with E-state index in [4.69, 9.17) is 5.11 Å². The maximum absolute atomic E-state index is 14.0. The van der Waals surface area contributed by atoms with Gasteiger partial charge in [-0.2, -0.15) is 0 Å². The van der Waals surface area contributed by atoms with Crippen LogP contribution >= 0.6 is 11.3 Å². The molecule has 2 aromatic rings. The molecule has 0 unspecified atom stereocenters. The van der Waals surface area contributed by atoms with Crippen LogP contribution in [0.2, 0.25) is 0 Å². The quantitative estimate of drug-likeness (QED) is 0.656. The summed E-state index contributed by atoms with van der Waals surface area (Å²) in [5, 5.41) is 9.21. The van der Waals surface area contributed by atoms with Gasteiger partial charge in [-0.05, 0) is 12.8 Å². The number of halogens is 3. The standard InChI is InChI=1S/C20H23F3N2O3S/c21-13-10-14(22)20-19(18(13)23)24-15(29-20)11-25(16(26)8-9-17(27)28)12-6-4-2-1-3-5-7-12/h10,12H,1-9,11H2,(H,27,28). The molecular formula is C20H23F3N2O3S. The summed E-state index contributed by atoms with van der Waals surface area (Å²) < 4.78 is 41.4. The summed E-state index contributed by atoms with van der Waals surface area (Å²) in [6.45, 7) is 0.0307. The van der Waals surface area contributed by atoms with Crippen LogP contribution < -0.4 is 0 Å². The number of aliphatic carboxylic acids is 1. The lowest BCUT2D eigenvalue weighted by Crippen LogP contribution is -2.40. The lowest BCUT2D eigenvalue weighted by atomic mass is 9.95. The average molecular weight is 428 g/mol. The number of hydrogen-bond acceptors (Lipinski definition) is 4. The van der Waals surface area contributed by atoms with Gasteiger partial charge in [0.15, 0.2) is 11.6 Å². The Morgan fingerprint density at radius 1 is 1.07 bits per heavy atom. The SMILES string of the molecule is O=C(O)CCC(=O)N(Cc1nc2c(F)c(F)cc(F)c2s1)C1CCCCCCC1. The van der Waals surface area contributed by atoms with E-state index in [1.54, 1.807) is 4.90 Å². The minimum atomic E-state index is -1.30. The van der Waals surface area contributed by atoms with E-state index in [0.29, 0.717) is 11.1 Å². The maximum Gasteiger partial charge on any atom is 0.303 e. The third kappa shape index (κ3) is 5.26. The Morgan fingerprint density at radius 2 is 1.72 bits per heavy atom. The molecule has 1 aromatic carbocycles. The number of fused-ring (bicyclic) bond motifs is 1. The first-order valence-corrected chi connectivity index (χ1v) is 10.6. The van der Waals surface area contributed by atoms with Crippen molar-refractivity contribution in [2.45, 2.75) is 70.4 Å². The first-order chi connectivity index (χ1) is 13.9. The van der Waals surface area contributed by atoms with Gasteiger partial charge < -0.3 is 10.0 Å². The molecule has 29 heavy (non-hydrogen) atoms. The Balaban J connectivity index is 1.88. The molecule has 1 aliphatic rings. The fraction of sp³-hybridized carbons (Fsp3) is 0.550. The molecule has 0 radical (unpaired) electrons. The predicted octanol–water partition coefficient (Wildman–Crippen LogP) is 5.02. The summed E-state index contributed by atoms with van der Waals surface area (Å²) in [6, 6.07) is 0.416. The number of aromatic nitrogens is 1. The second-order valence-corrected chi connectivity index (χ2v) is 8.44. The van der Waals surface area contributed by atoms with E-state index >= 15 is 0 Å². The third-order valence-corrected chi connectivity index (χ3v) is 6.30. The van der Waals surface area contributed by atoms with Gasteiger partial charge in [-0.1, -0.05) is 32.1 Å². The Hall–Kier alpha value is -2.16. The van der Waals surface area contributed by atoms with Gasteiger partial charge in [-0.3, -0.25) is 9.59 Å². The highest BCUT2D eigenvalue weighted by atomic mass is 32.1. The number of benzene rings is 1. The zero-order valence-corrected chi connectivity index (χ0v) is 16.7. The Kier molecular flexibility index (Phi) is 7.10. The van der Waals surface area contributed by atoms with Crippen LogP contribution in [-0.4, -0.2) is 32.9 Å². The molecule has 1 heterocycles. The summed E-state index contributed by atoms with van der Waals surface area (Å²) in [5.74, 6) is -4.78. The number of thiazole rings is 1. The molecule has 0 aliphatic heterocycles. The van der Waals surface area contributed by atoms with Crippen LogP contribution in [0.15, 0.2) is 6.07 Å². The van der Waals surface area contributed by atoms with Crippen molar-refractivity contribution >= 4 is 33.4 Å². The van der Waals surface area contributed by atoms with Gasteiger partial charge in [0.1, 0.15) is 16.3 Å². The lowest BCUT2D eigenvalue weighted by Gasteiger charge is -2.32. The Labute approximate surface area is 170 Å². The summed E-state index contributed by atoms with van der Waals surface area (Å²) in [5.41, 5.74) is -0.377. The number of carboxylic acids is 1. The van der Waals surface area contributed by atoms with Gasteiger partial charge in [0, 0.05) is 18.5 Å². The number of amides is 1.